The SMILES string of the molecule is COc1ccc(-c2nc(NC3CCCCC3)nc3nn(-c4ccc(OC)cc4)c(N)c23)cc1. The first-order valence-electron chi connectivity index (χ1n) is 11.3. The van der Waals surface area contributed by atoms with E-state index in [1.54, 1.807) is 18.9 Å². The lowest BCUT2D eigenvalue weighted by Crippen LogP contribution is -2.23. The van der Waals surface area contributed by atoms with Crippen LogP contribution in [0.5, 0.6) is 11.5 Å². The number of nitrogens with zero attached hydrogens (tertiary/aromatic N) is 4. The number of ether oxygens (including phenoxy) is 2. The van der Waals surface area contributed by atoms with Crippen LogP contribution in [0.1, 0.15) is 32.1 Å². The molecule has 0 radical (unpaired) electrons. The average molecular weight is 445 g/mol. The molecule has 0 unspecified atom stereocenters. The Bertz CT molecular complexity index is 1240. The summed E-state index contributed by atoms with van der Waals surface area (Å²) in [7, 11) is 3.30. The molecule has 0 atom stereocenters. The Morgan fingerprint density at radius 3 is 2.15 bits per heavy atom. The summed E-state index contributed by atoms with van der Waals surface area (Å²) in [5, 5.41) is 9.01. The van der Waals surface area contributed by atoms with Crippen LogP contribution in [-0.4, -0.2) is 40.0 Å². The van der Waals surface area contributed by atoms with E-state index in [0.29, 0.717) is 23.5 Å². The van der Waals surface area contributed by atoms with Gasteiger partial charge in [-0.15, -0.1) is 5.10 Å². The van der Waals surface area contributed by atoms with E-state index in [4.69, 9.17) is 30.3 Å². The molecule has 2 aromatic carbocycles. The van der Waals surface area contributed by atoms with Crippen LogP contribution in [0.15, 0.2) is 48.5 Å². The standard InChI is InChI=1S/C25H28N6O2/c1-32-19-12-8-16(9-13-19)22-21-23(26)31(18-10-14-20(33-2)15-11-18)30-24(21)29-25(28-22)27-17-6-4-3-5-7-17/h8-15,17H,3-7,26H2,1-2H3,(H,27,29,30). The summed E-state index contributed by atoms with van der Waals surface area (Å²) >= 11 is 0. The third-order valence-electron chi connectivity index (χ3n) is 6.19. The van der Waals surface area contributed by atoms with Gasteiger partial charge in [0.1, 0.15) is 17.3 Å². The van der Waals surface area contributed by atoms with Crippen molar-refractivity contribution >= 4 is 22.8 Å². The fraction of sp³-hybridized carbons (Fsp3) is 0.320. The molecule has 0 spiro atoms. The molecule has 3 N–H and O–H groups in total. The molecule has 1 fully saturated rings. The van der Waals surface area contributed by atoms with Crippen LogP contribution in [0.25, 0.3) is 28.0 Å². The van der Waals surface area contributed by atoms with Crippen molar-refractivity contribution < 1.29 is 9.47 Å². The number of nitrogens with two attached hydrogens (primary N) is 1. The zero-order valence-corrected chi connectivity index (χ0v) is 18.9. The largest absolute Gasteiger partial charge is 0.497 e. The molecule has 0 aliphatic heterocycles. The molecule has 0 amide bonds. The number of rotatable bonds is 6. The van der Waals surface area contributed by atoms with Crippen molar-refractivity contribution in [3.8, 4) is 28.4 Å². The highest BCUT2D eigenvalue weighted by Gasteiger charge is 2.21. The fourth-order valence-electron chi connectivity index (χ4n) is 4.38. The number of fused-ring (bicyclic) bond motifs is 1. The first kappa shape index (κ1) is 21.1. The van der Waals surface area contributed by atoms with Gasteiger partial charge in [0, 0.05) is 11.6 Å². The summed E-state index contributed by atoms with van der Waals surface area (Å²) in [5.41, 5.74) is 9.67. The molecule has 5 rings (SSSR count). The second-order valence-corrected chi connectivity index (χ2v) is 8.30. The minimum atomic E-state index is 0.376. The lowest BCUT2D eigenvalue weighted by atomic mass is 9.96. The highest BCUT2D eigenvalue weighted by molar-refractivity contribution is 5.99. The van der Waals surface area contributed by atoms with Crippen LogP contribution in [0, 0.1) is 0 Å². The summed E-state index contributed by atoms with van der Waals surface area (Å²) in [5.74, 6) is 2.63. The zero-order valence-electron chi connectivity index (χ0n) is 18.9. The minimum Gasteiger partial charge on any atom is -0.497 e. The number of benzene rings is 2. The van der Waals surface area contributed by atoms with Gasteiger partial charge in [0.15, 0.2) is 5.65 Å². The van der Waals surface area contributed by atoms with Crippen LogP contribution in [0.2, 0.25) is 0 Å². The van der Waals surface area contributed by atoms with Crippen molar-refractivity contribution in [1.82, 2.24) is 19.7 Å². The summed E-state index contributed by atoms with van der Waals surface area (Å²) in [6.45, 7) is 0. The fourth-order valence-corrected chi connectivity index (χ4v) is 4.38. The van der Waals surface area contributed by atoms with Gasteiger partial charge in [0.05, 0.1) is 31.0 Å². The Balaban J connectivity index is 1.63. The van der Waals surface area contributed by atoms with Gasteiger partial charge in [-0.25, -0.2) is 9.67 Å². The van der Waals surface area contributed by atoms with E-state index in [2.05, 4.69) is 5.32 Å². The van der Waals surface area contributed by atoms with Crippen molar-refractivity contribution in [2.45, 2.75) is 38.1 Å². The van der Waals surface area contributed by atoms with E-state index in [-0.39, 0.29) is 0 Å². The van der Waals surface area contributed by atoms with Crippen LogP contribution >= 0.6 is 0 Å². The Labute approximate surface area is 192 Å². The topological polar surface area (TPSA) is 100 Å². The Kier molecular flexibility index (Phi) is 5.73. The predicted octanol–water partition coefficient (Wildman–Crippen LogP) is 4.83. The average Bonchev–Trinajstić information content (AvgIpc) is 3.20. The van der Waals surface area contributed by atoms with Crippen molar-refractivity contribution in [2.24, 2.45) is 0 Å². The molecule has 1 saturated carbocycles. The van der Waals surface area contributed by atoms with E-state index >= 15 is 0 Å². The molecule has 0 bridgehead atoms. The lowest BCUT2D eigenvalue weighted by Gasteiger charge is -2.22. The third kappa shape index (κ3) is 4.16. The number of methoxy groups -OCH3 is 2. The quantitative estimate of drug-likeness (QED) is 0.439. The monoisotopic (exact) mass is 444 g/mol. The second kappa shape index (κ2) is 8.97. The van der Waals surface area contributed by atoms with E-state index < -0.39 is 0 Å². The Hall–Kier alpha value is -3.81. The second-order valence-electron chi connectivity index (χ2n) is 8.30. The van der Waals surface area contributed by atoms with Gasteiger partial charge in [-0.05, 0) is 61.4 Å². The minimum absolute atomic E-state index is 0.376. The van der Waals surface area contributed by atoms with Crippen LogP contribution in [0.4, 0.5) is 11.8 Å². The van der Waals surface area contributed by atoms with Crippen molar-refractivity contribution in [3.63, 3.8) is 0 Å². The summed E-state index contributed by atoms with van der Waals surface area (Å²) in [4.78, 5) is 9.65. The first-order chi connectivity index (χ1) is 16.2. The van der Waals surface area contributed by atoms with E-state index in [1.165, 1.54) is 19.3 Å². The molecule has 1 aliphatic carbocycles. The number of aromatic nitrogens is 4. The maximum atomic E-state index is 6.61. The molecule has 1 aliphatic rings. The Morgan fingerprint density at radius 2 is 1.52 bits per heavy atom. The van der Waals surface area contributed by atoms with Gasteiger partial charge in [0.2, 0.25) is 5.95 Å². The zero-order chi connectivity index (χ0) is 22.8. The maximum Gasteiger partial charge on any atom is 0.225 e. The van der Waals surface area contributed by atoms with Crippen LogP contribution in [0.3, 0.4) is 0 Å². The maximum absolute atomic E-state index is 6.61. The number of hydrogen-bond acceptors (Lipinski definition) is 7. The van der Waals surface area contributed by atoms with Crippen molar-refractivity contribution in [2.75, 3.05) is 25.3 Å². The molecule has 2 aromatic heterocycles. The van der Waals surface area contributed by atoms with Gasteiger partial charge in [0.25, 0.3) is 0 Å². The molecular formula is C25H28N6O2. The highest BCUT2D eigenvalue weighted by Crippen LogP contribution is 2.34. The smallest absolute Gasteiger partial charge is 0.225 e. The third-order valence-corrected chi connectivity index (χ3v) is 6.19. The normalized spacial score (nSPS) is 14.4. The summed E-state index contributed by atoms with van der Waals surface area (Å²) in [6.07, 6.45) is 6.00. The molecule has 0 saturated heterocycles. The van der Waals surface area contributed by atoms with E-state index in [9.17, 15) is 0 Å². The molecule has 4 aromatic rings. The van der Waals surface area contributed by atoms with Gasteiger partial charge < -0.3 is 20.5 Å². The lowest BCUT2D eigenvalue weighted by molar-refractivity contribution is 0.414. The van der Waals surface area contributed by atoms with Crippen molar-refractivity contribution in [1.29, 1.82) is 0 Å². The first-order valence-corrected chi connectivity index (χ1v) is 11.3. The van der Waals surface area contributed by atoms with Gasteiger partial charge >= 0.3 is 0 Å². The van der Waals surface area contributed by atoms with E-state index in [0.717, 1.165) is 46.7 Å². The van der Waals surface area contributed by atoms with Gasteiger partial charge in [-0.1, -0.05) is 19.3 Å². The predicted molar refractivity (Wildman–Crippen MR) is 130 cm³/mol. The highest BCUT2D eigenvalue weighted by atomic mass is 16.5. The molecule has 33 heavy (non-hydrogen) atoms. The molecular weight excluding hydrogens is 416 g/mol. The van der Waals surface area contributed by atoms with Gasteiger partial charge in [-0.3, -0.25) is 0 Å². The van der Waals surface area contributed by atoms with Crippen LogP contribution in [-0.2, 0) is 0 Å². The molecule has 8 heteroatoms. The summed E-state index contributed by atoms with van der Waals surface area (Å²) in [6, 6.07) is 15.8. The summed E-state index contributed by atoms with van der Waals surface area (Å²) < 4.78 is 12.3. The molecule has 2 heterocycles. The number of nitrogens with one attached hydrogen (secondary N) is 1. The number of hydrogen-bond donors (Lipinski definition) is 2. The van der Waals surface area contributed by atoms with Crippen molar-refractivity contribution in [3.05, 3.63) is 48.5 Å². The molecule has 170 valence electrons. The Morgan fingerprint density at radius 1 is 0.879 bits per heavy atom. The molecule has 8 nitrogen and oxygen atoms in total. The van der Waals surface area contributed by atoms with Gasteiger partial charge in [-0.2, -0.15) is 4.98 Å². The van der Waals surface area contributed by atoms with Crippen LogP contribution < -0.4 is 20.5 Å². The van der Waals surface area contributed by atoms with E-state index in [1.807, 2.05) is 48.5 Å². The number of anilines is 2. The number of nitrogen functional groups attached to an aromatic ring is 1.